The summed E-state index contributed by atoms with van der Waals surface area (Å²) in [4.78, 5) is 22.5. The van der Waals surface area contributed by atoms with Gasteiger partial charge in [0.2, 0.25) is 5.91 Å². The Morgan fingerprint density at radius 2 is 2.15 bits per heavy atom. The van der Waals surface area contributed by atoms with Gasteiger partial charge in [0.1, 0.15) is 0 Å². The standard InChI is InChI=1S/C14H19N3O3/c1-10(12-3-2-4-13(9-12)17(19)20)16-14(18)11-5-7-15-8-6-11/h2-4,9-11,15H,5-8H2,1H3,(H,16,18). The number of piperidine rings is 1. The summed E-state index contributed by atoms with van der Waals surface area (Å²) < 4.78 is 0. The molecule has 1 aromatic rings. The van der Waals surface area contributed by atoms with E-state index in [0.29, 0.717) is 0 Å². The summed E-state index contributed by atoms with van der Waals surface area (Å²) in [6.07, 6.45) is 1.68. The molecule has 108 valence electrons. The summed E-state index contributed by atoms with van der Waals surface area (Å²) in [5.41, 5.74) is 0.798. The van der Waals surface area contributed by atoms with Gasteiger partial charge in [-0.3, -0.25) is 14.9 Å². The van der Waals surface area contributed by atoms with E-state index in [1.807, 2.05) is 6.92 Å². The SMILES string of the molecule is CC(NC(=O)C1CCNCC1)c1cccc([N+](=O)[O-])c1. The fraction of sp³-hybridized carbons (Fsp3) is 0.500. The number of nitrogens with one attached hydrogen (secondary N) is 2. The number of nitro groups is 1. The number of carbonyl (C=O) groups is 1. The quantitative estimate of drug-likeness (QED) is 0.649. The van der Waals surface area contributed by atoms with Crippen molar-refractivity contribution in [2.45, 2.75) is 25.8 Å². The van der Waals surface area contributed by atoms with E-state index in [1.54, 1.807) is 12.1 Å². The lowest BCUT2D eigenvalue weighted by atomic mass is 9.96. The molecule has 1 aliphatic heterocycles. The summed E-state index contributed by atoms with van der Waals surface area (Å²) in [6, 6.07) is 6.16. The van der Waals surface area contributed by atoms with Crippen LogP contribution in [0.4, 0.5) is 5.69 Å². The van der Waals surface area contributed by atoms with Crippen LogP contribution in [-0.4, -0.2) is 23.9 Å². The smallest absolute Gasteiger partial charge is 0.269 e. The molecule has 1 aromatic carbocycles. The number of nitro benzene ring substituents is 1. The minimum Gasteiger partial charge on any atom is -0.349 e. The molecular formula is C14H19N3O3. The van der Waals surface area contributed by atoms with E-state index < -0.39 is 4.92 Å². The van der Waals surface area contributed by atoms with Gasteiger partial charge in [-0.2, -0.15) is 0 Å². The topological polar surface area (TPSA) is 84.3 Å². The molecule has 0 radical (unpaired) electrons. The maximum atomic E-state index is 12.1. The fourth-order valence-corrected chi connectivity index (χ4v) is 2.41. The molecule has 1 saturated heterocycles. The third kappa shape index (κ3) is 3.54. The highest BCUT2D eigenvalue weighted by atomic mass is 16.6. The van der Waals surface area contributed by atoms with Crippen molar-refractivity contribution >= 4 is 11.6 Å². The van der Waals surface area contributed by atoms with Crippen LogP contribution in [0.3, 0.4) is 0 Å². The van der Waals surface area contributed by atoms with Gasteiger partial charge in [-0.15, -0.1) is 0 Å². The van der Waals surface area contributed by atoms with Crippen LogP contribution < -0.4 is 10.6 Å². The Balaban J connectivity index is 2.00. The number of benzene rings is 1. The van der Waals surface area contributed by atoms with E-state index in [1.165, 1.54) is 12.1 Å². The van der Waals surface area contributed by atoms with Gasteiger partial charge in [0.15, 0.2) is 0 Å². The van der Waals surface area contributed by atoms with Crippen LogP contribution in [0, 0.1) is 16.0 Å². The lowest BCUT2D eigenvalue weighted by Gasteiger charge is -2.24. The predicted octanol–water partition coefficient (Wildman–Crippen LogP) is 1.77. The molecule has 2 rings (SSSR count). The first-order valence-electron chi connectivity index (χ1n) is 6.83. The van der Waals surface area contributed by atoms with Crippen molar-refractivity contribution in [2.75, 3.05) is 13.1 Å². The van der Waals surface area contributed by atoms with E-state index in [-0.39, 0.29) is 23.6 Å². The molecule has 1 heterocycles. The molecule has 0 spiro atoms. The molecular weight excluding hydrogens is 258 g/mol. The molecule has 1 amide bonds. The molecule has 1 fully saturated rings. The van der Waals surface area contributed by atoms with Gasteiger partial charge in [-0.1, -0.05) is 12.1 Å². The van der Waals surface area contributed by atoms with Crippen molar-refractivity contribution in [1.29, 1.82) is 0 Å². The van der Waals surface area contributed by atoms with Crippen molar-refractivity contribution in [2.24, 2.45) is 5.92 Å². The molecule has 1 atom stereocenters. The third-order valence-corrected chi connectivity index (χ3v) is 3.65. The van der Waals surface area contributed by atoms with E-state index in [9.17, 15) is 14.9 Å². The van der Waals surface area contributed by atoms with Crippen molar-refractivity contribution in [1.82, 2.24) is 10.6 Å². The van der Waals surface area contributed by atoms with Crippen molar-refractivity contribution < 1.29 is 9.72 Å². The molecule has 0 aliphatic carbocycles. The molecule has 0 aromatic heterocycles. The van der Waals surface area contributed by atoms with Crippen molar-refractivity contribution in [3.8, 4) is 0 Å². The summed E-state index contributed by atoms with van der Waals surface area (Å²) in [5, 5.41) is 16.9. The largest absolute Gasteiger partial charge is 0.349 e. The Labute approximate surface area is 117 Å². The van der Waals surface area contributed by atoms with E-state index in [0.717, 1.165) is 31.5 Å². The monoisotopic (exact) mass is 277 g/mol. The number of nitrogens with zero attached hydrogens (tertiary/aromatic N) is 1. The van der Waals surface area contributed by atoms with Gasteiger partial charge in [0.25, 0.3) is 5.69 Å². The first-order valence-corrected chi connectivity index (χ1v) is 6.83. The number of rotatable bonds is 4. The predicted molar refractivity (Wildman–Crippen MR) is 75.2 cm³/mol. The molecule has 0 bridgehead atoms. The molecule has 20 heavy (non-hydrogen) atoms. The minimum atomic E-state index is -0.426. The molecule has 6 nitrogen and oxygen atoms in total. The van der Waals surface area contributed by atoms with Gasteiger partial charge in [-0.25, -0.2) is 0 Å². The van der Waals surface area contributed by atoms with Crippen LogP contribution >= 0.6 is 0 Å². The van der Waals surface area contributed by atoms with Gasteiger partial charge in [0, 0.05) is 18.1 Å². The zero-order chi connectivity index (χ0) is 14.5. The second-order valence-electron chi connectivity index (χ2n) is 5.11. The maximum Gasteiger partial charge on any atom is 0.269 e. The van der Waals surface area contributed by atoms with Crippen LogP contribution in [0.25, 0.3) is 0 Å². The highest BCUT2D eigenvalue weighted by Gasteiger charge is 2.22. The lowest BCUT2D eigenvalue weighted by Crippen LogP contribution is -2.39. The Morgan fingerprint density at radius 1 is 1.45 bits per heavy atom. The number of non-ortho nitro benzene ring substituents is 1. The lowest BCUT2D eigenvalue weighted by molar-refractivity contribution is -0.384. The molecule has 6 heteroatoms. The Hall–Kier alpha value is -1.95. The van der Waals surface area contributed by atoms with Crippen LogP contribution in [0.5, 0.6) is 0 Å². The molecule has 0 saturated carbocycles. The van der Waals surface area contributed by atoms with E-state index >= 15 is 0 Å². The second kappa shape index (κ2) is 6.47. The summed E-state index contributed by atoms with van der Waals surface area (Å²) in [7, 11) is 0. The summed E-state index contributed by atoms with van der Waals surface area (Å²) in [5.74, 6) is 0.0721. The van der Waals surface area contributed by atoms with Gasteiger partial charge in [0.05, 0.1) is 11.0 Å². The Bertz CT molecular complexity index is 498. The fourth-order valence-electron chi connectivity index (χ4n) is 2.41. The van der Waals surface area contributed by atoms with Crippen molar-refractivity contribution in [3.63, 3.8) is 0 Å². The zero-order valence-electron chi connectivity index (χ0n) is 11.5. The van der Waals surface area contributed by atoms with Gasteiger partial charge >= 0.3 is 0 Å². The van der Waals surface area contributed by atoms with Crippen LogP contribution in [0.2, 0.25) is 0 Å². The van der Waals surface area contributed by atoms with Crippen LogP contribution in [0.1, 0.15) is 31.4 Å². The van der Waals surface area contributed by atoms with Crippen LogP contribution in [0.15, 0.2) is 24.3 Å². The first-order chi connectivity index (χ1) is 9.58. The number of hydrogen-bond acceptors (Lipinski definition) is 4. The molecule has 2 N–H and O–H groups in total. The van der Waals surface area contributed by atoms with E-state index in [2.05, 4.69) is 10.6 Å². The number of hydrogen-bond donors (Lipinski definition) is 2. The maximum absolute atomic E-state index is 12.1. The van der Waals surface area contributed by atoms with Gasteiger partial charge in [-0.05, 0) is 38.4 Å². The highest BCUT2D eigenvalue weighted by molar-refractivity contribution is 5.79. The highest BCUT2D eigenvalue weighted by Crippen LogP contribution is 2.20. The number of carbonyl (C=O) groups excluding carboxylic acids is 1. The molecule has 1 aliphatic rings. The third-order valence-electron chi connectivity index (χ3n) is 3.65. The Kier molecular flexibility index (Phi) is 4.68. The second-order valence-corrected chi connectivity index (χ2v) is 5.11. The average molecular weight is 277 g/mol. The summed E-state index contributed by atoms with van der Waals surface area (Å²) in [6.45, 7) is 3.57. The Morgan fingerprint density at radius 3 is 2.80 bits per heavy atom. The van der Waals surface area contributed by atoms with E-state index in [4.69, 9.17) is 0 Å². The summed E-state index contributed by atoms with van der Waals surface area (Å²) >= 11 is 0. The number of amides is 1. The minimum absolute atomic E-state index is 0.0329. The first kappa shape index (κ1) is 14.5. The molecule has 1 unspecified atom stereocenters. The zero-order valence-corrected chi connectivity index (χ0v) is 11.5. The normalized spacial score (nSPS) is 17.4. The van der Waals surface area contributed by atoms with Crippen molar-refractivity contribution in [3.05, 3.63) is 39.9 Å². The average Bonchev–Trinajstić information content (AvgIpc) is 2.48. The van der Waals surface area contributed by atoms with Crippen LogP contribution in [-0.2, 0) is 4.79 Å². The van der Waals surface area contributed by atoms with Gasteiger partial charge < -0.3 is 10.6 Å².